The first-order valence-corrected chi connectivity index (χ1v) is 4.26. The summed E-state index contributed by atoms with van der Waals surface area (Å²) in [7, 11) is 1.22. The van der Waals surface area contributed by atoms with E-state index in [4.69, 9.17) is 4.74 Å². The Kier molecular flexibility index (Phi) is 2.11. The molecule has 74 valence electrons. The van der Waals surface area contributed by atoms with E-state index in [0.717, 1.165) is 5.56 Å². The lowest BCUT2D eigenvalue weighted by atomic mass is 10.1. The molecular weight excluding hydrogens is 187 g/mol. The van der Waals surface area contributed by atoms with Crippen molar-refractivity contribution >= 4 is 5.97 Å². The number of methoxy groups -OCH3 is 1. The van der Waals surface area contributed by atoms with Crippen LogP contribution in [0.25, 0.3) is 0 Å². The van der Waals surface area contributed by atoms with Crippen LogP contribution in [-0.2, 0) is 11.2 Å². The molecule has 0 aliphatic carbocycles. The highest BCUT2D eigenvalue weighted by Crippen LogP contribution is 2.30. The Morgan fingerprint density at radius 2 is 2.36 bits per heavy atom. The Morgan fingerprint density at radius 1 is 1.57 bits per heavy atom. The Hall–Kier alpha value is -1.58. The smallest absolute Gasteiger partial charge is 0.340 e. The van der Waals surface area contributed by atoms with E-state index in [1.165, 1.54) is 13.2 Å². The molecule has 4 heteroatoms. The summed E-state index contributed by atoms with van der Waals surface area (Å²) < 4.78 is 23.1. The quantitative estimate of drug-likeness (QED) is 0.639. The van der Waals surface area contributed by atoms with Crippen molar-refractivity contribution < 1.29 is 18.7 Å². The van der Waals surface area contributed by atoms with Gasteiger partial charge in [-0.15, -0.1) is 0 Å². The van der Waals surface area contributed by atoms with Gasteiger partial charge in [-0.05, 0) is 6.07 Å². The number of hydrogen-bond acceptors (Lipinski definition) is 3. The van der Waals surface area contributed by atoms with Crippen molar-refractivity contribution in [2.45, 2.75) is 6.42 Å². The van der Waals surface area contributed by atoms with E-state index in [0.29, 0.717) is 13.0 Å². The minimum atomic E-state index is -0.680. The number of halogens is 1. The van der Waals surface area contributed by atoms with Crippen LogP contribution in [0.3, 0.4) is 0 Å². The van der Waals surface area contributed by atoms with Crippen molar-refractivity contribution in [1.29, 1.82) is 0 Å². The molecule has 14 heavy (non-hydrogen) atoms. The summed E-state index contributed by atoms with van der Waals surface area (Å²) in [6, 6.07) is 3.12. The Morgan fingerprint density at radius 3 is 3.07 bits per heavy atom. The Balaban J connectivity index is 2.50. The van der Waals surface area contributed by atoms with Crippen LogP contribution < -0.4 is 4.74 Å². The Labute approximate surface area is 80.4 Å². The molecule has 1 heterocycles. The zero-order valence-electron chi connectivity index (χ0n) is 7.67. The standard InChI is InChI=1S/C10H9FO3/c1-13-10(12)7-3-2-6-4-5-14-9(6)8(7)11/h2-3H,4-5H2,1H3. The van der Waals surface area contributed by atoms with Crippen LogP contribution in [0.4, 0.5) is 4.39 Å². The van der Waals surface area contributed by atoms with Crippen molar-refractivity contribution in [2.75, 3.05) is 13.7 Å². The molecule has 0 aromatic heterocycles. The van der Waals surface area contributed by atoms with E-state index in [1.54, 1.807) is 6.07 Å². The maximum atomic E-state index is 13.6. The van der Waals surface area contributed by atoms with Gasteiger partial charge in [-0.3, -0.25) is 0 Å². The third-order valence-corrected chi connectivity index (χ3v) is 2.20. The summed E-state index contributed by atoms with van der Waals surface area (Å²) in [5.41, 5.74) is 0.725. The van der Waals surface area contributed by atoms with Gasteiger partial charge in [-0.1, -0.05) is 6.07 Å². The molecule has 0 saturated carbocycles. The highest BCUT2D eigenvalue weighted by molar-refractivity contribution is 5.90. The first-order valence-electron chi connectivity index (χ1n) is 4.26. The normalized spacial score (nSPS) is 13.3. The third-order valence-electron chi connectivity index (χ3n) is 2.20. The maximum Gasteiger partial charge on any atom is 0.340 e. The van der Waals surface area contributed by atoms with Crippen LogP contribution in [0.1, 0.15) is 15.9 Å². The van der Waals surface area contributed by atoms with Crippen molar-refractivity contribution in [1.82, 2.24) is 0 Å². The number of carbonyl (C=O) groups is 1. The molecule has 2 rings (SSSR count). The third kappa shape index (κ3) is 1.23. The SMILES string of the molecule is COC(=O)c1ccc2c(c1F)OCC2. The van der Waals surface area contributed by atoms with Gasteiger partial charge in [0.1, 0.15) is 0 Å². The second kappa shape index (κ2) is 3.29. The molecule has 0 N–H and O–H groups in total. The van der Waals surface area contributed by atoms with E-state index < -0.39 is 11.8 Å². The number of benzene rings is 1. The van der Waals surface area contributed by atoms with Gasteiger partial charge in [0.05, 0.1) is 19.3 Å². The van der Waals surface area contributed by atoms with E-state index >= 15 is 0 Å². The van der Waals surface area contributed by atoms with Gasteiger partial charge in [-0.2, -0.15) is 0 Å². The highest BCUT2D eigenvalue weighted by Gasteiger charge is 2.22. The van der Waals surface area contributed by atoms with Crippen molar-refractivity contribution in [2.24, 2.45) is 0 Å². The molecule has 0 amide bonds. The molecule has 1 aliphatic rings. The first-order chi connectivity index (χ1) is 6.74. The lowest BCUT2D eigenvalue weighted by molar-refractivity contribution is 0.0594. The van der Waals surface area contributed by atoms with Gasteiger partial charge < -0.3 is 9.47 Å². The largest absolute Gasteiger partial charge is 0.490 e. The summed E-state index contributed by atoms with van der Waals surface area (Å²) in [5.74, 6) is -1.11. The van der Waals surface area contributed by atoms with E-state index in [-0.39, 0.29) is 11.3 Å². The number of rotatable bonds is 1. The second-order valence-corrected chi connectivity index (χ2v) is 3.01. The maximum absolute atomic E-state index is 13.6. The minimum Gasteiger partial charge on any atom is -0.490 e. The van der Waals surface area contributed by atoms with E-state index in [9.17, 15) is 9.18 Å². The summed E-state index contributed by atoms with van der Waals surface area (Å²) in [6.45, 7) is 0.469. The monoisotopic (exact) mass is 196 g/mol. The van der Waals surface area contributed by atoms with Crippen LogP contribution in [0.15, 0.2) is 12.1 Å². The average molecular weight is 196 g/mol. The minimum absolute atomic E-state index is 0.0758. The number of carbonyl (C=O) groups excluding carboxylic acids is 1. The molecule has 0 saturated heterocycles. The summed E-state index contributed by atoms with van der Waals surface area (Å²) in [6.07, 6.45) is 0.688. The average Bonchev–Trinajstić information content (AvgIpc) is 2.66. The zero-order chi connectivity index (χ0) is 10.1. The Bertz CT molecular complexity index is 387. The summed E-state index contributed by atoms with van der Waals surface area (Å²) in [4.78, 5) is 11.1. The molecule has 0 spiro atoms. The van der Waals surface area contributed by atoms with Crippen LogP contribution in [0.2, 0.25) is 0 Å². The summed E-state index contributed by atoms with van der Waals surface area (Å²) >= 11 is 0. The molecule has 0 bridgehead atoms. The number of hydrogen-bond donors (Lipinski definition) is 0. The highest BCUT2D eigenvalue weighted by atomic mass is 19.1. The van der Waals surface area contributed by atoms with E-state index in [2.05, 4.69) is 4.74 Å². The lowest BCUT2D eigenvalue weighted by Crippen LogP contribution is -2.05. The van der Waals surface area contributed by atoms with Gasteiger partial charge in [0.15, 0.2) is 11.6 Å². The van der Waals surface area contributed by atoms with Gasteiger partial charge in [0.2, 0.25) is 0 Å². The van der Waals surface area contributed by atoms with Gasteiger partial charge >= 0.3 is 5.97 Å². The van der Waals surface area contributed by atoms with Crippen molar-refractivity contribution in [3.63, 3.8) is 0 Å². The van der Waals surface area contributed by atoms with Crippen molar-refractivity contribution in [3.8, 4) is 5.75 Å². The molecule has 0 unspecified atom stereocenters. The van der Waals surface area contributed by atoms with Crippen LogP contribution in [0.5, 0.6) is 5.75 Å². The van der Waals surface area contributed by atoms with Crippen LogP contribution >= 0.6 is 0 Å². The fraction of sp³-hybridized carbons (Fsp3) is 0.300. The molecule has 1 aliphatic heterocycles. The van der Waals surface area contributed by atoms with Crippen LogP contribution in [0, 0.1) is 5.82 Å². The fourth-order valence-electron chi connectivity index (χ4n) is 1.48. The van der Waals surface area contributed by atoms with Gasteiger partial charge in [-0.25, -0.2) is 9.18 Å². The topological polar surface area (TPSA) is 35.5 Å². The van der Waals surface area contributed by atoms with Gasteiger partial charge in [0.25, 0.3) is 0 Å². The number of fused-ring (bicyclic) bond motifs is 1. The van der Waals surface area contributed by atoms with Crippen molar-refractivity contribution in [3.05, 3.63) is 29.1 Å². The van der Waals surface area contributed by atoms with Crippen LogP contribution in [-0.4, -0.2) is 19.7 Å². The second-order valence-electron chi connectivity index (χ2n) is 3.01. The first kappa shape index (κ1) is 8.99. The number of ether oxygens (including phenoxy) is 2. The predicted molar refractivity (Wildman–Crippen MR) is 46.9 cm³/mol. The summed E-state index contributed by atoms with van der Waals surface area (Å²) in [5, 5.41) is 0. The zero-order valence-corrected chi connectivity index (χ0v) is 7.67. The molecule has 3 nitrogen and oxygen atoms in total. The molecule has 0 radical (unpaired) electrons. The van der Waals surface area contributed by atoms with E-state index in [1.807, 2.05) is 0 Å². The predicted octanol–water partition coefficient (Wildman–Crippen LogP) is 1.55. The molecule has 1 aromatic rings. The molecule has 0 fully saturated rings. The fourth-order valence-corrected chi connectivity index (χ4v) is 1.48. The molecular formula is C10H9FO3. The van der Waals surface area contributed by atoms with Gasteiger partial charge in [0, 0.05) is 12.0 Å². The lowest BCUT2D eigenvalue weighted by Gasteiger charge is -2.04. The molecule has 0 atom stereocenters. The molecule has 1 aromatic carbocycles. The number of esters is 1.